The third-order valence-corrected chi connectivity index (χ3v) is 2.75. The quantitative estimate of drug-likeness (QED) is 0.670. The standard InChI is InChI=1S/C11H19N3O3/c1-3-12-10(16)7-14(2)11(17)8-4-5-9(15)13-6-8/h8H,3-7H2,1-2H3,(H,12,16)(H,13,15). The molecule has 0 aliphatic carbocycles. The van der Waals surface area contributed by atoms with Gasteiger partial charge in [-0.05, 0) is 13.3 Å². The maximum Gasteiger partial charge on any atom is 0.239 e. The smallest absolute Gasteiger partial charge is 0.239 e. The molecule has 1 heterocycles. The van der Waals surface area contributed by atoms with Crippen LogP contribution in [0.15, 0.2) is 0 Å². The van der Waals surface area contributed by atoms with Gasteiger partial charge in [-0.1, -0.05) is 0 Å². The molecule has 0 aromatic heterocycles. The van der Waals surface area contributed by atoms with Crippen LogP contribution in [0, 0.1) is 5.92 Å². The summed E-state index contributed by atoms with van der Waals surface area (Å²) in [7, 11) is 1.61. The minimum atomic E-state index is -0.202. The van der Waals surface area contributed by atoms with Crippen LogP contribution in [0.3, 0.4) is 0 Å². The number of rotatable bonds is 4. The van der Waals surface area contributed by atoms with Crippen LogP contribution < -0.4 is 10.6 Å². The number of piperidine rings is 1. The molecule has 0 spiro atoms. The highest BCUT2D eigenvalue weighted by atomic mass is 16.2. The fourth-order valence-corrected chi connectivity index (χ4v) is 1.80. The summed E-state index contributed by atoms with van der Waals surface area (Å²) in [5, 5.41) is 5.30. The Balaban J connectivity index is 2.41. The van der Waals surface area contributed by atoms with E-state index < -0.39 is 0 Å². The molecule has 96 valence electrons. The molecule has 0 saturated carbocycles. The zero-order valence-corrected chi connectivity index (χ0v) is 10.3. The highest BCUT2D eigenvalue weighted by Gasteiger charge is 2.27. The van der Waals surface area contributed by atoms with E-state index >= 15 is 0 Å². The van der Waals surface area contributed by atoms with Gasteiger partial charge in [-0.25, -0.2) is 0 Å². The zero-order valence-electron chi connectivity index (χ0n) is 10.3. The molecule has 17 heavy (non-hydrogen) atoms. The Morgan fingerprint density at radius 2 is 2.24 bits per heavy atom. The van der Waals surface area contributed by atoms with Gasteiger partial charge in [0, 0.05) is 26.6 Å². The van der Waals surface area contributed by atoms with Crippen molar-refractivity contribution in [3.8, 4) is 0 Å². The molecule has 1 aliphatic heterocycles. The number of hydrogen-bond acceptors (Lipinski definition) is 3. The molecular weight excluding hydrogens is 222 g/mol. The van der Waals surface area contributed by atoms with Gasteiger partial charge in [-0.2, -0.15) is 0 Å². The average molecular weight is 241 g/mol. The third-order valence-electron chi connectivity index (χ3n) is 2.75. The van der Waals surface area contributed by atoms with E-state index in [9.17, 15) is 14.4 Å². The molecule has 1 fully saturated rings. The summed E-state index contributed by atoms with van der Waals surface area (Å²) in [5.74, 6) is -0.466. The van der Waals surface area contributed by atoms with Crippen molar-refractivity contribution in [1.29, 1.82) is 0 Å². The first-order valence-electron chi connectivity index (χ1n) is 5.83. The van der Waals surface area contributed by atoms with Crippen LogP contribution in [0.4, 0.5) is 0 Å². The molecule has 2 N–H and O–H groups in total. The van der Waals surface area contributed by atoms with Gasteiger partial charge < -0.3 is 15.5 Å². The lowest BCUT2D eigenvalue weighted by atomic mass is 9.98. The predicted octanol–water partition coefficient (Wildman–Crippen LogP) is -0.893. The molecule has 3 amide bonds. The summed E-state index contributed by atoms with van der Waals surface area (Å²) >= 11 is 0. The van der Waals surface area contributed by atoms with Crippen LogP contribution in [-0.2, 0) is 14.4 Å². The van der Waals surface area contributed by atoms with E-state index in [0.29, 0.717) is 25.9 Å². The predicted molar refractivity (Wildman–Crippen MR) is 62.1 cm³/mol. The molecule has 0 aromatic rings. The molecule has 1 rings (SSSR count). The number of nitrogens with zero attached hydrogens (tertiary/aromatic N) is 1. The maximum atomic E-state index is 11.9. The van der Waals surface area contributed by atoms with E-state index in [0.717, 1.165) is 0 Å². The second-order valence-corrected chi connectivity index (χ2v) is 4.19. The Labute approximate surface area is 101 Å². The molecular formula is C11H19N3O3. The third kappa shape index (κ3) is 4.05. The Morgan fingerprint density at radius 3 is 2.76 bits per heavy atom. The minimum Gasteiger partial charge on any atom is -0.355 e. The molecule has 1 unspecified atom stereocenters. The molecule has 6 heteroatoms. The second kappa shape index (κ2) is 6.22. The number of carbonyl (C=O) groups is 3. The monoisotopic (exact) mass is 241 g/mol. The number of nitrogens with one attached hydrogen (secondary N) is 2. The van der Waals surface area contributed by atoms with Crippen LogP contribution in [0.5, 0.6) is 0 Å². The van der Waals surface area contributed by atoms with Crippen molar-refractivity contribution in [2.75, 3.05) is 26.7 Å². The van der Waals surface area contributed by atoms with Crippen molar-refractivity contribution >= 4 is 17.7 Å². The van der Waals surface area contributed by atoms with Crippen LogP contribution in [-0.4, -0.2) is 49.3 Å². The molecule has 1 aliphatic rings. The molecule has 0 aromatic carbocycles. The SMILES string of the molecule is CCNC(=O)CN(C)C(=O)C1CCC(=O)NC1. The Bertz CT molecular complexity index is 307. The van der Waals surface area contributed by atoms with E-state index in [1.165, 1.54) is 4.90 Å². The summed E-state index contributed by atoms with van der Waals surface area (Å²) in [4.78, 5) is 35.6. The Hall–Kier alpha value is -1.59. The minimum absolute atomic E-state index is 0.0135. The van der Waals surface area contributed by atoms with Crippen LogP contribution in [0.25, 0.3) is 0 Å². The average Bonchev–Trinajstić information content (AvgIpc) is 2.29. The van der Waals surface area contributed by atoms with Gasteiger partial charge in [-0.3, -0.25) is 14.4 Å². The van der Waals surface area contributed by atoms with Crippen LogP contribution in [0.2, 0.25) is 0 Å². The fourth-order valence-electron chi connectivity index (χ4n) is 1.80. The van der Waals surface area contributed by atoms with E-state index in [1.807, 2.05) is 6.92 Å². The number of hydrogen-bond donors (Lipinski definition) is 2. The lowest BCUT2D eigenvalue weighted by Crippen LogP contribution is -2.46. The van der Waals surface area contributed by atoms with E-state index in [2.05, 4.69) is 10.6 Å². The van der Waals surface area contributed by atoms with Crippen LogP contribution in [0.1, 0.15) is 19.8 Å². The largest absolute Gasteiger partial charge is 0.355 e. The van der Waals surface area contributed by atoms with Crippen molar-refractivity contribution in [1.82, 2.24) is 15.5 Å². The fraction of sp³-hybridized carbons (Fsp3) is 0.727. The van der Waals surface area contributed by atoms with Gasteiger partial charge >= 0.3 is 0 Å². The normalized spacial score (nSPS) is 19.4. The summed E-state index contributed by atoms with van der Waals surface area (Å²) in [5.41, 5.74) is 0. The maximum absolute atomic E-state index is 11.9. The van der Waals surface area contributed by atoms with E-state index in [1.54, 1.807) is 7.05 Å². The number of carbonyl (C=O) groups excluding carboxylic acids is 3. The van der Waals surface area contributed by atoms with Gasteiger partial charge in [0.05, 0.1) is 12.5 Å². The van der Waals surface area contributed by atoms with E-state index in [4.69, 9.17) is 0 Å². The van der Waals surface area contributed by atoms with Gasteiger partial charge in [0.1, 0.15) is 0 Å². The summed E-state index contributed by atoms with van der Waals surface area (Å²) < 4.78 is 0. The number of amides is 3. The zero-order chi connectivity index (χ0) is 12.8. The lowest BCUT2D eigenvalue weighted by Gasteiger charge is -2.26. The van der Waals surface area contributed by atoms with Crippen LogP contribution >= 0.6 is 0 Å². The second-order valence-electron chi connectivity index (χ2n) is 4.19. The van der Waals surface area contributed by atoms with Crippen molar-refractivity contribution in [2.24, 2.45) is 5.92 Å². The summed E-state index contributed by atoms with van der Waals surface area (Å²) in [6.45, 7) is 2.82. The van der Waals surface area contributed by atoms with Gasteiger partial charge in [-0.15, -0.1) is 0 Å². The van der Waals surface area contributed by atoms with Crippen molar-refractivity contribution < 1.29 is 14.4 Å². The molecule has 1 atom stereocenters. The molecule has 6 nitrogen and oxygen atoms in total. The molecule has 0 radical (unpaired) electrons. The highest BCUT2D eigenvalue weighted by Crippen LogP contribution is 2.13. The molecule has 0 bridgehead atoms. The van der Waals surface area contributed by atoms with Crippen molar-refractivity contribution in [3.63, 3.8) is 0 Å². The van der Waals surface area contributed by atoms with Crippen molar-refractivity contribution in [3.05, 3.63) is 0 Å². The first-order valence-corrected chi connectivity index (χ1v) is 5.83. The topological polar surface area (TPSA) is 78.5 Å². The molecule has 1 saturated heterocycles. The highest BCUT2D eigenvalue weighted by molar-refractivity contribution is 5.87. The Morgan fingerprint density at radius 1 is 1.53 bits per heavy atom. The Kier molecular flexibility index (Phi) is 4.93. The first kappa shape index (κ1) is 13.5. The van der Waals surface area contributed by atoms with E-state index in [-0.39, 0.29) is 30.2 Å². The van der Waals surface area contributed by atoms with Gasteiger partial charge in [0.15, 0.2) is 0 Å². The lowest BCUT2D eigenvalue weighted by molar-refractivity contribution is -0.139. The van der Waals surface area contributed by atoms with Gasteiger partial charge in [0.25, 0.3) is 0 Å². The first-order chi connectivity index (χ1) is 8.04. The van der Waals surface area contributed by atoms with Crippen molar-refractivity contribution in [2.45, 2.75) is 19.8 Å². The summed E-state index contributed by atoms with van der Waals surface area (Å²) in [6.07, 6.45) is 0.940. The van der Waals surface area contributed by atoms with Gasteiger partial charge in [0.2, 0.25) is 17.7 Å². The number of likely N-dealkylation sites (N-methyl/N-ethyl adjacent to an activating group) is 2. The summed E-state index contributed by atoms with van der Waals surface area (Å²) in [6, 6.07) is 0.